The lowest BCUT2D eigenvalue weighted by molar-refractivity contribution is -0.113. The van der Waals surface area contributed by atoms with Crippen molar-refractivity contribution in [2.75, 3.05) is 35.9 Å². The molecule has 166 valence electrons. The van der Waals surface area contributed by atoms with Crippen LogP contribution in [0.4, 0.5) is 17.1 Å². The van der Waals surface area contributed by atoms with Crippen LogP contribution in [0.15, 0.2) is 71.6 Å². The Morgan fingerprint density at radius 2 is 1.59 bits per heavy atom. The van der Waals surface area contributed by atoms with Gasteiger partial charge >= 0.3 is 0 Å². The summed E-state index contributed by atoms with van der Waals surface area (Å²) < 4.78 is 10.5. The van der Waals surface area contributed by atoms with E-state index in [4.69, 9.17) is 33.3 Å². The normalized spacial score (nSPS) is 10.2. The minimum Gasteiger partial charge on any atom is -0.495 e. The van der Waals surface area contributed by atoms with Crippen molar-refractivity contribution in [1.29, 1.82) is 0 Å². The highest BCUT2D eigenvalue weighted by Crippen LogP contribution is 2.36. The first-order chi connectivity index (χ1) is 15.5. The maximum Gasteiger partial charge on any atom is 0.234 e. The summed E-state index contributed by atoms with van der Waals surface area (Å²) >= 11 is 12.9. The smallest absolute Gasteiger partial charge is 0.234 e. The summed E-state index contributed by atoms with van der Waals surface area (Å²) in [7, 11) is 3.03. The van der Waals surface area contributed by atoms with Crippen LogP contribution in [0.5, 0.6) is 11.5 Å². The van der Waals surface area contributed by atoms with Crippen LogP contribution in [0.25, 0.3) is 0 Å². The van der Waals surface area contributed by atoms with Gasteiger partial charge in [-0.25, -0.2) is 0 Å². The molecular weight excluding hydrogens is 466 g/mol. The monoisotopic (exact) mass is 487 g/mol. The van der Waals surface area contributed by atoms with Crippen molar-refractivity contribution >= 4 is 63.7 Å². The van der Waals surface area contributed by atoms with Crippen LogP contribution < -0.4 is 25.4 Å². The number of hydrogen-bond donors (Lipinski definition) is 3. The highest BCUT2D eigenvalue weighted by atomic mass is 35.5. The van der Waals surface area contributed by atoms with Crippen LogP contribution in [-0.2, 0) is 4.79 Å². The molecule has 0 saturated heterocycles. The molecule has 3 rings (SSSR count). The summed E-state index contributed by atoms with van der Waals surface area (Å²) in [5.41, 5.74) is 2.21. The second-order valence-corrected chi connectivity index (χ2v) is 8.36. The van der Waals surface area contributed by atoms with Crippen molar-refractivity contribution in [3.8, 4) is 11.5 Å². The average Bonchev–Trinajstić information content (AvgIpc) is 2.79. The van der Waals surface area contributed by atoms with Gasteiger partial charge in [-0.2, -0.15) is 0 Å². The van der Waals surface area contributed by atoms with Crippen LogP contribution in [-0.4, -0.2) is 31.0 Å². The molecule has 0 heterocycles. The largest absolute Gasteiger partial charge is 0.495 e. The van der Waals surface area contributed by atoms with E-state index in [9.17, 15) is 4.79 Å². The topological polar surface area (TPSA) is 71.6 Å². The zero-order valence-corrected chi connectivity index (χ0v) is 19.9. The maximum atomic E-state index is 12.5. The predicted octanol–water partition coefficient (Wildman–Crippen LogP) is 5.90. The first-order valence-electron chi connectivity index (χ1n) is 9.56. The molecule has 0 fully saturated rings. The number of halogens is 1. The van der Waals surface area contributed by atoms with Crippen molar-refractivity contribution in [3.05, 3.63) is 71.8 Å². The first kappa shape index (κ1) is 23.7. The predicted molar refractivity (Wildman–Crippen MR) is 137 cm³/mol. The van der Waals surface area contributed by atoms with Crippen LogP contribution in [0.1, 0.15) is 0 Å². The first-order valence-corrected chi connectivity index (χ1v) is 11.3. The number of thiocarbonyl (C=S) groups is 1. The molecule has 32 heavy (non-hydrogen) atoms. The van der Waals surface area contributed by atoms with Gasteiger partial charge in [0.05, 0.1) is 30.7 Å². The van der Waals surface area contributed by atoms with E-state index in [1.54, 1.807) is 12.1 Å². The molecule has 0 atom stereocenters. The Kier molecular flexibility index (Phi) is 8.61. The molecule has 0 aliphatic carbocycles. The third-order valence-corrected chi connectivity index (χ3v) is 5.73. The number of methoxy groups -OCH3 is 2. The number of benzene rings is 3. The van der Waals surface area contributed by atoms with Gasteiger partial charge in [0.25, 0.3) is 0 Å². The lowest BCUT2D eigenvalue weighted by Gasteiger charge is -2.13. The second kappa shape index (κ2) is 11.6. The molecule has 0 aliphatic heterocycles. The molecule has 0 bridgehead atoms. The summed E-state index contributed by atoms with van der Waals surface area (Å²) in [5, 5.41) is 9.98. The van der Waals surface area contributed by atoms with E-state index in [1.165, 1.54) is 26.0 Å². The van der Waals surface area contributed by atoms with E-state index in [-0.39, 0.29) is 11.7 Å². The fraction of sp³-hybridized carbons (Fsp3) is 0.130. The number of ether oxygens (including phenoxy) is 2. The van der Waals surface area contributed by atoms with Gasteiger partial charge in [0.1, 0.15) is 11.5 Å². The Morgan fingerprint density at radius 1 is 0.906 bits per heavy atom. The van der Waals surface area contributed by atoms with E-state index in [2.05, 4.69) is 16.0 Å². The van der Waals surface area contributed by atoms with Gasteiger partial charge in [-0.05, 0) is 48.6 Å². The van der Waals surface area contributed by atoms with Gasteiger partial charge < -0.3 is 25.4 Å². The van der Waals surface area contributed by atoms with Crippen molar-refractivity contribution in [2.24, 2.45) is 0 Å². The lowest BCUT2D eigenvalue weighted by atomic mass is 10.2. The SMILES string of the molecule is COc1cc(OC)c(NC(=O)CSc2cccc(NC(=S)Nc3ccccc3)c2)cc1Cl. The molecule has 6 nitrogen and oxygen atoms in total. The van der Waals surface area contributed by atoms with E-state index in [0.717, 1.165) is 16.3 Å². The van der Waals surface area contributed by atoms with Crippen molar-refractivity contribution < 1.29 is 14.3 Å². The molecule has 3 N–H and O–H groups in total. The number of thioether (sulfide) groups is 1. The highest BCUT2D eigenvalue weighted by molar-refractivity contribution is 8.00. The number of amides is 1. The molecule has 9 heteroatoms. The quantitative estimate of drug-likeness (QED) is 0.270. The molecule has 3 aromatic rings. The molecule has 0 radical (unpaired) electrons. The zero-order chi connectivity index (χ0) is 22.9. The van der Waals surface area contributed by atoms with Crippen LogP contribution in [0.3, 0.4) is 0 Å². The average molecular weight is 488 g/mol. The minimum atomic E-state index is -0.186. The molecule has 0 spiro atoms. The van der Waals surface area contributed by atoms with Gasteiger partial charge in [0.15, 0.2) is 5.11 Å². The standard InChI is InChI=1S/C23H22ClN3O3S2/c1-29-20-13-21(30-2)19(12-18(20)24)27-22(28)14-32-17-10-6-9-16(11-17)26-23(31)25-15-7-4-3-5-8-15/h3-13H,14H2,1-2H3,(H,27,28)(H2,25,26,31). The molecular formula is C23H22ClN3O3S2. The number of carbonyl (C=O) groups excluding carboxylic acids is 1. The molecule has 0 unspecified atom stereocenters. The van der Waals surface area contributed by atoms with Gasteiger partial charge in [0, 0.05) is 22.3 Å². The van der Waals surface area contributed by atoms with Crippen molar-refractivity contribution in [2.45, 2.75) is 4.90 Å². The summed E-state index contributed by atoms with van der Waals surface area (Å²) in [4.78, 5) is 13.4. The van der Waals surface area contributed by atoms with E-state index >= 15 is 0 Å². The molecule has 0 aliphatic rings. The fourth-order valence-corrected chi connectivity index (χ4v) is 4.00. The van der Waals surface area contributed by atoms with E-state index in [0.29, 0.717) is 27.3 Å². The third-order valence-electron chi connectivity index (χ3n) is 4.24. The summed E-state index contributed by atoms with van der Waals surface area (Å²) in [6, 6.07) is 20.6. The summed E-state index contributed by atoms with van der Waals surface area (Å²) in [5.74, 6) is 0.965. The number of para-hydroxylation sites is 1. The number of rotatable bonds is 8. The van der Waals surface area contributed by atoms with Gasteiger partial charge in [0.2, 0.25) is 5.91 Å². The highest BCUT2D eigenvalue weighted by Gasteiger charge is 2.13. The minimum absolute atomic E-state index is 0.186. The van der Waals surface area contributed by atoms with Crippen LogP contribution in [0.2, 0.25) is 5.02 Å². The van der Waals surface area contributed by atoms with Crippen molar-refractivity contribution in [3.63, 3.8) is 0 Å². The van der Waals surface area contributed by atoms with E-state index < -0.39 is 0 Å². The fourth-order valence-electron chi connectivity index (χ4n) is 2.77. The second-order valence-electron chi connectivity index (χ2n) is 6.50. The number of carbonyl (C=O) groups is 1. The molecule has 3 aromatic carbocycles. The van der Waals surface area contributed by atoms with Crippen LogP contribution >= 0.6 is 35.6 Å². The zero-order valence-electron chi connectivity index (χ0n) is 17.5. The number of hydrogen-bond acceptors (Lipinski definition) is 5. The summed E-state index contributed by atoms with van der Waals surface area (Å²) in [6.45, 7) is 0. The van der Waals surface area contributed by atoms with Gasteiger partial charge in [-0.15, -0.1) is 11.8 Å². The van der Waals surface area contributed by atoms with Gasteiger partial charge in [-0.1, -0.05) is 35.9 Å². The Hall–Kier alpha value is -2.94. The Bertz CT molecular complexity index is 1100. The third kappa shape index (κ3) is 6.78. The lowest BCUT2D eigenvalue weighted by Crippen LogP contribution is -2.19. The van der Waals surface area contributed by atoms with E-state index in [1.807, 2.05) is 54.6 Å². The van der Waals surface area contributed by atoms with Gasteiger partial charge in [-0.3, -0.25) is 4.79 Å². The van der Waals surface area contributed by atoms with Crippen LogP contribution in [0, 0.1) is 0 Å². The number of anilines is 3. The Balaban J connectivity index is 1.56. The Labute approximate surface area is 201 Å². The number of nitrogens with one attached hydrogen (secondary N) is 3. The maximum absolute atomic E-state index is 12.5. The van der Waals surface area contributed by atoms with Crippen molar-refractivity contribution in [1.82, 2.24) is 0 Å². The molecule has 0 aromatic heterocycles. The molecule has 0 saturated carbocycles. The molecule has 1 amide bonds. The summed E-state index contributed by atoms with van der Waals surface area (Å²) in [6.07, 6.45) is 0. The Morgan fingerprint density at radius 3 is 2.31 bits per heavy atom.